The summed E-state index contributed by atoms with van der Waals surface area (Å²) < 4.78 is 0. The molecule has 4 nitrogen and oxygen atoms in total. The summed E-state index contributed by atoms with van der Waals surface area (Å²) in [5.41, 5.74) is 5.95. The molecule has 1 heterocycles. The van der Waals surface area contributed by atoms with Crippen molar-refractivity contribution in [2.45, 2.75) is 26.7 Å². The van der Waals surface area contributed by atoms with Crippen LogP contribution in [0.3, 0.4) is 0 Å². The first-order chi connectivity index (χ1) is 16.4. The summed E-state index contributed by atoms with van der Waals surface area (Å²) in [6.07, 6.45) is 7.50. The predicted molar refractivity (Wildman–Crippen MR) is 138 cm³/mol. The fourth-order valence-electron chi connectivity index (χ4n) is 4.74. The lowest BCUT2D eigenvalue weighted by atomic mass is 9.74. The van der Waals surface area contributed by atoms with Crippen molar-refractivity contribution in [2.24, 2.45) is 5.41 Å². The molecule has 0 N–H and O–H groups in total. The largest absolute Gasteiger partial charge is 0.244 e. The lowest BCUT2D eigenvalue weighted by Crippen LogP contribution is -2.17. The zero-order valence-corrected chi connectivity index (χ0v) is 19.7. The lowest BCUT2D eigenvalue weighted by molar-refractivity contribution is 0.354. The molecule has 0 aliphatic heterocycles. The van der Waals surface area contributed by atoms with Crippen molar-refractivity contribution in [1.29, 1.82) is 10.5 Å². The molecule has 0 atom stereocenters. The molecule has 1 aliphatic rings. The minimum Gasteiger partial charge on any atom is -0.244 e. The Morgan fingerprint density at radius 1 is 0.882 bits per heavy atom. The number of hydrogen-bond acceptors (Lipinski definition) is 4. The van der Waals surface area contributed by atoms with Gasteiger partial charge in [0.05, 0.1) is 27.1 Å². The van der Waals surface area contributed by atoms with Gasteiger partial charge in [0.15, 0.2) is 0 Å². The maximum absolute atomic E-state index is 9.37. The van der Waals surface area contributed by atoms with Gasteiger partial charge in [0.2, 0.25) is 0 Å². The summed E-state index contributed by atoms with van der Waals surface area (Å²) in [4.78, 5) is 9.87. The zero-order chi connectivity index (χ0) is 23.9. The van der Waals surface area contributed by atoms with Crippen molar-refractivity contribution >= 4 is 50.5 Å². The lowest BCUT2D eigenvalue weighted by Gasteiger charge is -2.30. The van der Waals surface area contributed by atoms with Gasteiger partial charge in [-0.25, -0.2) is 9.97 Å². The number of hydrogen-bond donors (Lipinski definition) is 0. The number of nitrogens with zero attached hydrogens (tertiary/aromatic N) is 4. The molecule has 0 unspecified atom stereocenters. The number of para-hydroxylation sites is 2. The van der Waals surface area contributed by atoms with Gasteiger partial charge >= 0.3 is 0 Å². The highest BCUT2D eigenvalue weighted by molar-refractivity contribution is 6.39. The first-order valence-electron chi connectivity index (χ1n) is 11.1. The zero-order valence-electron chi connectivity index (χ0n) is 18.9. The van der Waals surface area contributed by atoms with Gasteiger partial charge in [-0.1, -0.05) is 80.1 Å². The minimum absolute atomic E-state index is 0.0615. The van der Waals surface area contributed by atoms with Crippen molar-refractivity contribution in [3.8, 4) is 12.1 Å². The third-order valence-corrected chi connectivity index (χ3v) is 6.61. The summed E-state index contributed by atoms with van der Waals surface area (Å²) in [7, 11) is 0. The van der Waals surface area contributed by atoms with E-state index < -0.39 is 0 Å². The van der Waals surface area contributed by atoms with E-state index in [0.717, 1.165) is 56.0 Å². The molecule has 0 spiro atoms. The molecule has 0 amide bonds. The van der Waals surface area contributed by atoms with Crippen molar-refractivity contribution < 1.29 is 0 Å². The molecular formula is C29H21ClN4. The summed E-state index contributed by atoms with van der Waals surface area (Å²) in [5, 5.41) is 21.3. The number of rotatable bonds is 2. The van der Waals surface area contributed by atoms with Crippen molar-refractivity contribution in [2.75, 3.05) is 0 Å². The molecular weight excluding hydrogens is 440 g/mol. The number of fused-ring (bicyclic) bond motifs is 4. The van der Waals surface area contributed by atoms with E-state index in [1.807, 2.05) is 78.9 Å². The van der Waals surface area contributed by atoms with Crippen LogP contribution in [0.4, 0.5) is 0 Å². The van der Waals surface area contributed by atoms with Crippen LogP contribution in [-0.4, -0.2) is 9.97 Å². The van der Waals surface area contributed by atoms with E-state index in [4.69, 9.17) is 21.6 Å². The van der Waals surface area contributed by atoms with E-state index in [1.54, 1.807) is 0 Å². The molecule has 5 rings (SSSR count). The molecule has 1 aliphatic carbocycles. The molecule has 0 saturated carbocycles. The number of benzene rings is 3. The van der Waals surface area contributed by atoms with Crippen LogP contribution in [0.5, 0.6) is 0 Å². The molecule has 3 aromatic carbocycles. The monoisotopic (exact) mass is 460 g/mol. The highest BCUT2D eigenvalue weighted by Gasteiger charge is 2.26. The highest BCUT2D eigenvalue weighted by atomic mass is 35.5. The second-order valence-corrected chi connectivity index (χ2v) is 9.75. The third kappa shape index (κ3) is 3.83. The van der Waals surface area contributed by atoms with Gasteiger partial charge in [-0.15, -0.1) is 0 Å². The van der Waals surface area contributed by atoms with Crippen LogP contribution in [0.25, 0.3) is 38.9 Å². The van der Waals surface area contributed by atoms with E-state index in [9.17, 15) is 10.5 Å². The van der Waals surface area contributed by atoms with Crippen LogP contribution in [-0.2, 0) is 0 Å². The smallest absolute Gasteiger partial charge is 0.132 e. The van der Waals surface area contributed by atoms with E-state index in [0.29, 0.717) is 11.4 Å². The van der Waals surface area contributed by atoms with Crippen molar-refractivity contribution in [3.05, 3.63) is 88.0 Å². The molecule has 1 aromatic heterocycles. The van der Waals surface area contributed by atoms with Crippen LogP contribution < -0.4 is 0 Å². The average Bonchev–Trinajstić information content (AvgIpc) is 2.83. The first-order valence-corrected chi connectivity index (χ1v) is 11.5. The van der Waals surface area contributed by atoms with Gasteiger partial charge in [-0.05, 0) is 41.5 Å². The van der Waals surface area contributed by atoms with Crippen molar-refractivity contribution in [3.63, 3.8) is 0 Å². The van der Waals surface area contributed by atoms with Gasteiger partial charge < -0.3 is 0 Å². The SMILES string of the molecule is CC1(C)CC(/C=C/c2c(Cl)c3ccccc3c3nc4ccccc4nc23)=CC(=C(C#N)C#N)C1. The average molecular weight is 461 g/mol. The quantitative estimate of drug-likeness (QED) is 0.174. The molecule has 0 radical (unpaired) electrons. The number of aromatic nitrogens is 2. The Balaban J connectivity index is 1.74. The fourth-order valence-corrected chi connectivity index (χ4v) is 5.06. The van der Waals surface area contributed by atoms with Crippen molar-refractivity contribution in [1.82, 2.24) is 9.97 Å². The molecule has 4 aromatic rings. The van der Waals surface area contributed by atoms with Crippen LogP contribution in [0, 0.1) is 28.1 Å². The summed E-state index contributed by atoms with van der Waals surface area (Å²) in [6, 6.07) is 19.9. The Morgan fingerprint density at radius 2 is 1.50 bits per heavy atom. The summed E-state index contributed by atoms with van der Waals surface area (Å²) in [5.74, 6) is 0. The van der Waals surface area contributed by atoms with Crippen LogP contribution in [0.15, 0.2) is 77.4 Å². The molecule has 164 valence electrons. The Bertz CT molecular complexity index is 1640. The van der Waals surface area contributed by atoms with Gasteiger partial charge in [0.25, 0.3) is 0 Å². The number of halogens is 1. The maximum atomic E-state index is 9.37. The summed E-state index contributed by atoms with van der Waals surface area (Å²) >= 11 is 6.94. The Morgan fingerprint density at radius 3 is 2.18 bits per heavy atom. The van der Waals surface area contributed by atoms with Crippen LogP contribution in [0.2, 0.25) is 5.02 Å². The fraction of sp³-hybridized carbons (Fsp3) is 0.172. The summed E-state index contributed by atoms with van der Waals surface area (Å²) in [6.45, 7) is 4.30. The molecule has 34 heavy (non-hydrogen) atoms. The van der Waals surface area contributed by atoms with Crippen LogP contribution >= 0.6 is 11.6 Å². The Labute approximate surface area is 203 Å². The van der Waals surface area contributed by atoms with E-state index in [-0.39, 0.29) is 11.0 Å². The first kappa shape index (κ1) is 21.8. The number of allylic oxidation sites excluding steroid dienone is 5. The molecule has 5 heteroatoms. The van der Waals surface area contributed by atoms with E-state index in [1.165, 1.54) is 0 Å². The predicted octanol–water partition coefficient (Wildman–Crippen LogP) is 7.69. The highest BCUT2D eigenvalue weighted by Crippen LogP contribution is 2.41. The van der Waals surface area contributed by atoms with E-state index >= 15 is 0 Å². The van der Waals surface area contributed by atoms with E-state index in [2.05, 4.69) is 13.8 Å². The molecule has 0 fully saturated rings. The maximum Gasteiger partial charge on any atom is 0.132 e. The molecule has 0 saturated heterocycles. The second kappa shape index (κ2) is 8.41. The van der Waals surface area contributed by atoms with Gasteiger partial charge in [0.1, 0.15) is 17.7 Å². The second-order valence-electron chi connectivity index (χ2n) is 9.38. The Hall–Kier alpha value is -3.99. The molecule has 0 bridgehead atoms. The normalized spacial score (nSPS) is 15.4. The third-order valence-electron chi connectivity index (χ3n) is 6.20. The Kier molecular flexibility index (Phi) is 5.40. The van der Waals surface area contributed by atoms with Gasteiger partial charge in [0, 0.05) is 16.3 Å². The topological polar surface area (TPSA) is 73.4 Å². The minimum atomic E-state index is -0.0615. The van der Waals surface area contributed by atoms with Gasteiger partial charge in [-0.3, -0.25) is 0 Å². The van der Waals surface area contributed by atoms with Gasteiger partial charge in [-0.2, -0.15) is 10.5 Å². The standard InChI is InChI=1S/C29H21ClN4/c1-29(2)14-18(13-19(15-29)20(16-31)17-32)11-12-23-26(30)21-7-3-4-8-22(21)27-28(23)34-25-10-6-5-9-24(25)33-27/h3-13H,14-15H2,1-2H3/b12-11+. The van der Waals surface area contributed by atoms with Crippen LogP contribution in [0.1, 0.15) is 32.3 Å². The number of nitriles is 2.